The summed E-state index contributed by atoms with van der Waals surface area (Å²) in [5.74, 6) is 0. The van der Waals surface area contributed by atoms with Crippen LogP contribution in [0.4, 0.5) is 0 Å². The summed E-state index contributed by atoms with van der Waals surface area (Å²) >= 11 is 4.04. The second-order valence-electron chi connectivity index (χ2n) is 2.38. The first-order valence-corrected chi connectivity index (χ1v) is 3.89. The molecule has 0 unspecified atom stereocenters. The molecule has 2 rings (SSSR count). The van der Waals surface area contributed by atoms with E-state index in [-0.39, 0.29) is 11.2 Å². The summed E-state index contributed by atoms with van der Waals surface area (Å²) in [5, 5.41) is 0. The molecule has 0 amide bonds. The lowest BCUT2D eigenvalue weighted by Crippen LogP contribution is -2.20. The van der Waals surface area contributed by atoms with Crippen molar-refractivity contribution in [1.29, 1.82) is 0 Å². The van der Waals surface area contributed by atoms with E-state index in [2.05, 4.69) is 21.5 Å². The van der Waals surface area contributed by atoms with Crippen LogP contribution >= 0.6 is 12.6 Å². The van der Waals surface area contributed by atoms with Gasteiger partial charge in [-0.05, 0) is 12.1 Å². The van der Waals surface area contributed by atoms with Gasteiger partial charge in [0.05, 0.1) is 4.90 Å². The van der Waals surface area contributed by atoms with Crippen LogP contribution in [0.15, 0.2) is 41.5 Å². The Morgan fingerprint density at radius 2 is 1.77 bits per heavy atom. The highest BCUT2D eigenvalue weighted by Gasteiger charge is 2.05. The predicted octanol–water partition coefficient (Wildman–Crippen LogP) is 1.03. The highest BCUT2D eigenvalue weighted by molar-refractivity contribution is 7.80. The molecule has 0 atom stereocenters. The molecule has 0 fully saturated rings. The fraction of sp³-hybridized carbons (Fsp3) is 0. The van der Waals surface area contributed by atoms with Crippen molar-refractivity contribution in [3.05, 3.63) is 39.0 Å². The smallest absolute Gasteiger partial charge is 0.414 e. The Morgan fingerprint density at radius 3 is 2.54 bits per heavy atom. The summed E-state index contributed by atoms with van der Waals surface area (Å²) in [4.78, 5) is 22.0. The van der Waals surface area contributed by atoms with Crippen molar-refractivity contribution in [2.24, 2.45) is 0 Å². The minimum absolute atomic E-state index is 0.190. The van der Waals surface area contributed by atoms with E-state index in [9.17, 15) is 9.59 Å². The van der Waals surface area contributed by atoms with Gasteiger partial charge < -0.3 is 8.83 Å². The molecular formula is C8H4O4S. The normalized spacial score (nSPS) is 10.5. The molecule has 66 valence electrons. The summed E-state index contributed by atoms with van der Waals surface area (Å²) in [6.07, 6.45) is 0. The van der Waals surface area contributed by atoms with E-state index >= 15 is 0 Å². The Bertz CT molecular complexity index is 566. The van der Waals surface area contributed by atoms with Crippen LogP contribution in [0.5, 0.6) is 0 Å². The lowest BCUT2D eigenvalue weighted by molar-refractivity contribution is 0.445. The number of hydrogen-bond acceptors (Lipinski definition) is 5. The molecule has 0 aliphatic carbocycles. The zero-order valence-electron chi connectivity index (χ0n) is 6.31. The van der Waals surface area contributed by atoms with Gasteiger partial charge in [-0.2, -0.15) is 0 Å². The first-order chi connectivity index (χ1) is 6.18. The number of fused-ring (bicyclic) bond motifs is 1. The first-order valence-electron chi connectivity index (χ1n) is 3.44. The Kier molecular flexibility index (Phi) is 1.73. The third-order valence-electron chi connectivity index (χ3n) is 1.52. The van der Waals surface area contributed by atoms with Crippen molar-refractivity contribution in [3.8, 4) is 0 Å². The average Bonchev–Trinajstić information content (AvgIpc) is 2.09. The lowest BCUT2D eigenvalue weighted by Gasteiger charge is -1.95. The monoisotopic (exact) mass is 196 g/mol. The number of thiol groups is 1. The molecule has 0 spiro atoms. The molecule has 0 saturated heterocycles. The maximum Gasteiger partial charge on any atom is 0.423 e. The largest absolute Gasteiger partial charge is 0.423 e. The van der Waals surface area contributed by atoms with Crippen LogP contribution < -0.4 is 11.3 Å². The van der Waals surface area contributed by atoms with Crippen molar-refractivity contribution < 1.29 is 8.83 Å². The number of benzene rings is 1. The number of rotatable bonds is 0. The Hall–Kier alpha value is -1.49. The second kappa shape index (κ2) is 2.77. The second-order valence-corrected chi connectivity index (χ2v) is 2.87. The number of para-hydroxylation sites is 1. The Morgan fingerprint density at radius 1 is 1.08 bits per heavy atom. The zero-order valence-corrected chi connectivity index (χ0v) is 7.21. The Labute approximate surface area is 77.2 Å². The van der Waals surface area contributed by atoms with E-state index in [1.165, 1.54) is 6.07 Å². The van der Waals surface area contributed by atoms with Crippen molar-refractivity contribution in [1.82, 2.24) is 0 Å². The minimum atomic E-state index is -1.02. The fourth-order valence-electron chi connectivity index (χ4n) is 0.963. The molecule has 0 N–H and O–H groups in total. The van der Waals surface area contributed by atoms with Crippen LogP contribution in [-0.4, -0.2) is 0 Å². The molecule has 0 aliphatic rings. The molecule has 0 aliphatic heterocycles. The van der Waals surface area contributed by atoms with Crippen molar-refractivity contribution in [2.75, 3.05) is 0 Å². The Balaban J connectivity index is 3.06. The summed E-state index contributed by atoms with van der Waals surface area (Å²) in [5.41, 5.74) is -1.62. The van der Waals surface area contributed by atoms with Crippen molar-refractivity contribution >= 4 is 23.8 Å². The van der Waals surface area contributed by atoms with Crippen molar-refractivity contribution in [3.63, 3.8) is 0 Å². The molecular weight excluding hydrogens is 192 g/mol. The van der Waals surface area contributed by atoms with Crippen LogP contribution in [0, 0.1) is 0 Å². The van der Waals surface area contributed by atoms with Crippen LogP contribution in [0.1, 0.15) is 0 Å². The highest BCUT2D eigenvalue weighted by atomic mass is 32.1. The van der Waals surface area contributed by atoms with Gasteiger partial charge in [-0.3, -0.25) is 0 Å². The van der Waals surface area contributed by atoms with Gasteiger partial charge in [0.25, 0.3) is 0 Å². The molecule has 2 aromatic rings. The molecule has 0 bridgehead atoms. The number of hydrogen-bond donors (Lipinski definition) is 1. The average molecular weight is 196 g/mol. The first kappa shape index (κ1) is 8.12. The predicted molar refractivity (Wildman–Crippen MR) is 48.3 cm³/mol. The van der Waals surface area contributed by atoms with Crippen LogP contribution in [-0.2, 0) is 0 Å². The molecule has 5 heteroatoms. The topological polar surface area (TPSA) is 60.4 Å². The van der Waals surface area contributed by atoms with Gasteiger partial charge in [0.2, 0.25) is 0 Å². The van der Waals surface area contributed by atoms with Crippen LogP contribution in [0.2, 0.25) is 0 Å². The summed E-state index contributed by atoms with van der Waals surface area (Å²) in [7, 11) is 0. The van der Waals surface area contributed by atoms with Crippen LogP contribution in [0.3, 0.4) is 0 Å². The van der Waals surface area contributed by atoms with Gasteiger partial charge in [-0.1, -0.05) is 6.07 Å². The third-order valence-corrected chi connectivity index (χ3v) is 1.87. The molecule has 4 nitrogen and oxygen atoms in total. The van der Waals surface area contributed by atoms with Crippen molar-refractivity contribution in [2.45, 2.75) is 4.90 Å². The third kappa shape index (κ3) is 1.27. The van der Waals surface area contributed by atoms with Gasteiger partial charge in [-0.25, -0.2) is 9.59 Å². The molecule has 1 aromatic carbocycles. The SMILES string of the molecule is O=c1oc2cccc(S)c2oc1=O. The van der Waals surface area contributed by atoms with Crippen LogP contribution in [0.25, 0.3) is 11.2 Å². The van der Waals surface area contributed by atoms with E-state index in [1.807, 2.05) is 0 Å². The maximum atomic E-state index is 10.8. The van der Waals surface area contributed by atoms with Gasteiger partial charge >= 0.3 is 11.3 Å². The highest BCUT2D eigenvalue weighted by Crippen LogP contribution is 2.18. The van der Waals surface area contributed by atoms with E-state index in [0.29, 0.717) is 4.90 Å². The van der Waals surface area contributed by atoms with E-state index < -0.39 is 11.3 Å². The summed E-state index contributed by atoms with van der Waals surface area (Å²) in [6, 6.07) is 4.81. The quantitative estimate of drug-likeness (QED) is 0.505. The van der Waals surface area contributed by atoms with Gasteiger partial charge in [-0.15, -0.1) is 12.6 Å². The van der Waals surface area contributed by atoms with E-state index in [4.69, 9.17) is 0 Å². The molecule has 0 saturated carbocycles. The van der Waals surface area contributed by atoms with Gasteiger partial charge in [0, 0.05) is 0 Å². The standard InChI is InChI=1S/C8H4O4S/c9-7-8(10)12-6-4(11-7)2-1-3-5(6)13/h1-3,13H. The summed E-state index contributed by atoms with van der Waals surface area (Å²) in [6.45, 7) is 0. The van der Waals surface area contributed by atoms with Gasteiger partial charge in [0.1, 0.15) is 0 Å². The van der Waals surface area contributed by atoms with E-state index in [0.717, 1.165) is 0 Å². The fourth-order valence-corrected chi connectivity index (χ4v) is 1.21. The molecule has 1 heterocycles. The van der Waals surface area contributed by atoms with E-state index in [1.54, 1.807) is 12.1 Å². The molecule has 1 aromatic heterocycles. The molecule has 13 heavy (non-hydrogen) atoms. The zero-order chi connectivity index (χ0) is 9.42. The maximum absolute atomic E-state index is 10.8. The van der Waals surface area contributed by atoms with Gasteiger partial charge in [0.15, 0.2) is 11.2 Å². The lowest BCUT2D eigenvalue weighted by atomic mass is 10.3. The molecule has 0 radical (unpaired) electrons. The summed E-state index contributed by atoms with van der Waals surface area (Å²) < 4.78 is 9.35. The minimum Gasteiger partial charge on any atom is -0.414 e.